The second-order valence-corrected chi connectivity index (χ2v) is 4.10. The average molecular weight is 232 g/mol. The molecular weight excluding hydrogens is 219 g/mol. The number of nitrogens with zero attached hydrogens (tertiary/aromatic N) is 2. The van der Waals surface area contributed by atoms with Crippen molar-refractivity contribution in [1.29, 1.82) is 0 Å². The standard InChI is InChI=1S/C12H13FN4/c13-9-3-1-2-4-11(9)17-10-5-6-15-7-8(10)12(14)16-17/h1-4,15H,5-7H2,(H2,14,16). The van der Waals surface area contributed by atoms with E-state index in [9.17, 15) is 4.39 Å². The van der Waals surface area contributed by atoms with E-state index in [1.54, 1.807) is 22.9 Å². The molecule has 2 aromatic rings. The summed E-state index contributed by atoms with van der Waals surface area (Å²) in [6.07, 6.45) is 0.813. The molecule has 1 aromatic carbocycles. The van der Waals surface area contributed by atoms with E-state index in [0.717, 1.165) is 24.2 Å². The van der Waals surface area contributed by atoms with Gasteiger partial charge >= 0.3 is 0 Å². The number of halogens is 1. The number of benzene rings is 1. The molecule has 0 atom stereocenters. The molecule has 5 heteroatoms. The van der Waals surface area contributed by atoms with Gasteiger partial charge in [0.05, 0.1) is 5.69 Å². The van der Waals surface area contributed by atoms with Crippen LogP contribution in [-0.2, 0) is 13.0 Å². The van der Waals surface area contributed by atoms with Crippen molar-refractivity contribution in [3.05, 3.63) is 41.3 Å². The van der Waals surface area contributed by atoms with Gasteiger partial charge in [-0.25, -0.2) is 9.07 Å². The summed E-state index contributed by atoms with van der Waals surface area (Å²) in [4.78, 5) is 0. The predicted molar refractivity (Wildman–Crippen MR) is 63.3 cm³/mol. The summed E-state index contributed by atoms with van der Waals surface area (Å²) < 4.78 is 15.4. The van der Waals surface area contributed by atoms with Crippen molar-refractivity contribution in [1.82, 2.24) is 15.1 Å². The van der Waals surface area contributed by atoms with Crippen LogP contribution in [0.1, 0.15) is 11.3 Å². The van der Waals surface area contributed by atoms with Gasteiger partial charge in [0, 0.05) is 25.1 Å². The van der Waals surface area contributed by atoms with Crippen molar-refractivity contribution in [3.63, 3.8) is 0 Å². The van der Waals surface area contributed by atoms with Gasteiger partial charge in [-0.05, 0) is 12.1 Å². The number of nitrogens with two attached hydrogens (primary N) is 1. The Morgan fingerprint density at radius 1 is 1.35 bits per heavy atom. The Hall–Kier alpha value is -1.88. The van der Waals surface area contributed by atoms with E-state index in [-0.39, 0.29) is 5.82 Å². The first kappa shape index (κ1) is 10.3. The van der Waals surface area contributed by atoms with Crippen LogP contribution in [0.4, 0.5) is 10.2 Å². The summed E-state index contributed by atoms with van der Waals surface area (Å²) in [5, 5.41) is 7.47. The Kier molecular flexibility index (Phi) is 2.33. The van der Waals surface area contributed by atoms with Crippen molar-refractivity contribution in [2.24, 2.45) is 0 Å². The first-order valence-electron chi connectivity index (χ1n) is 5.59. The van der Waals surface area contributed by atoms with Gasteiger partial charge in [0.15, 0.2) is 5.82 Å². The number of para-hydroxylation sites is 1. The monoisotopic (exact) mass is 232 g/mol. The van der Waals surface area contributed by atoms with E-state index >= 15 is 0 Å². The molecule has 3 N–H and O–H groups in total. The van der Waals surface area contributed by atoms with Crippen LogP contribution in [0.2, 0.25) is 0 Å². The van der Waals surface area contributed by atoms with Crippen LogP contribution < -0.4 is 11.1 Å². The largest absolute Gasteiger partial charge is 0.382 e. The summed E-state index contributed by atoms with van der Waals surface area (Å²) in [5.41, 5.74) is 8.31. The number of nitrogens with one attached hydrogen (secondary N) is 1. The zero-order valence-corrected chi connectivity index (χ0v) is 9.28. The van der Waals surface area contributed by atoms with E-state index in [1.807, 2.05) is 0 Å². The van der Waals surface area contributed by atoms with Gasteiger partial charge in [0.25, 0.3) is 0 Å². The predicted octanol–water partition coefficient (Wildman–Crippen LogP) is 1.24. The number of hydrogen-bond donors (Lipinski definition) is 2. The van der Waals surface area contributed by atoms with Crippen LogP contribution in [0, 0.1) is 5.82 Å². The highest BCUT2D eigenvalue weighted by molar-refractivity contribution is 5.48. The highest BCUT2D eigenvalue weighted by atomic mass is 19.1. The first-order valence-corrected chi connectivity index (χ1v) is 5.59. The van der Waals surface area contributed by atoms with Gasteiger partial charge in [0.1, 0.15) is 11.5 Å². The van der Waals surface area contributed by atoms with Gasteiger partial charge in [-0.2, -0.15) is 0 Å². The SMILES string of the molecule is Nc1nn(-c2ccccc2F)c2c1CNCC2. The second-order valence-electron chi connectivity index (χ2n) is 4.10. The normalized spacial score (nSPS) is 14.6. The van der Waals surface area contributed by atoms with Crippen LogP contribution in [0.25, 0.3) is 5.69 Å². The number of anilines is 1. The fourth-order valence-electron chi connectivity index (χ4n) is 2.20. The maximum Gasteiger partial charge on any atom is 0.150 e. The maximum atomic E-state index is 13.7. The van der Waals surface area contributed by atoms with Gasteiger partial charge in [-0.1, -0.05) is 12.1 Å². The fourth-order valence-corrected chi connectivity index (χ4v) is 2.20. The van der Waals surface area contributed by atoms with E-state index in [2.05, 4.69) is 10.4 Å². The van der Waals surface area contributed by atoms with Crippen LogP contribution in [0.5, 0.6) is 0 Å². The summed E-state index contributed by atoms with van der Waals surface area (Å²) in [6, 6.07) is 6.61. The molecule has 0 amide bonds. The first-order chi connectivity index (χ1) is 8.27. The molecule has 0 saturated carbocycles. The highest BCUT2D eigenvalue weighted by Crippen LogP contribution is 2.24. The Labute approximate surface area is 98.2 Å². The van der Waals surface area contributed by atoms with Gasteiger partial charge in [-0.3, -0.25) is 0 Å². The number of fused-ring (bicyclic) bond motifs is 1. The summed E-state index contributed by atoms with van der Waals surface area (Å²) in [6.45, 7) is 1.57. The molecule has 2 heterocycles. The minimum atomic E-state index is -0.281. The topological polar surface area (TPSA) is 55.9 Å². The van der Waals surface area contributed by atoms with Crippen molar-refractivity contribution < 1.29 is 4.39 Å². The molecule has 1 aromatic heterocycles. The number of aromatic nitrogens is 2. The lowest BCUT2D eigenvalue weighted by atomic mass is 10.1. The third-order valence-corrected chi connectivity index (χ3v) is 3.04. The van der Waals surface area contributed by atoms with Crippen LogP contribution in [0.3, 0.4) is 0 Å². The van der Waals surface area contributed by atoms with Crippen LogP contribution in [0.15, 0.2) is 24.3 Å². The third-order valence-electron chi connectivity index (χ3n) is 3.04. The Morgan fingerprint density at radius 2 is 2.18 bits per heavy atom. The van der Waals surface area contributed by atoms with Crippen molar-refractivity contribution in [3.8, 4) is 5.69 Å². The average Bonchev–Trinajstić information content (AvgIpc) is 2.68. The molecule has 1 aliphatic rings. The number of hydrogen-bond acceptors (Lipinski definition) is 3. The molecule has 88 valence electrons. The molecule has 0 aliphatic carbocycles. The zero-order valence-electron chi connectivity index (χ0n) is 9.28. The lowest BCUT2D eigenvalue weighted by molar-refractivity contribution is 0.591. The van der Waals surface area contributed by atoms with Crippen molar-refractivity contribution in [2.75, 3.05) is 12.3 Å². The molecule has 0 radical (unpaired) electrons. The second kappa shape index (κ2) is 3.85. The minimum absolute atomic E-state index is 0.281. The van der Waals surface area contributed by atoms with Gasteiger partial charge < -0.3 is 11.1 Å². The highest BCUT2D eigenvalue weighted by Gasteiger charge is 2.20. The molecule has 0 bridgehead atoms. The van der Waals surface area contributed by atoms with Crippen molar-refractivity contribution in [2.45, 2.75) is 13.0 Å². The third kappa shape index (κ3) is 1.59. The quantitative estimate of drug-likeness (QED) is 0.777. The number of nitrogen functional groups attached to an aromatic ring is 1. The molecule has 4 nitrogen and oxygen atoms in total. The van der Waals surface area contributed by atoms with Crippen molar-refractivity contribution >= 4 is 5.82 Å². The Balaban J connectivity index is 2.19. The molecule has 0 unspecified atom stereocenters. The molecule has 0 fully saturated rings. The van der Waals surface area contributed by atoms with E-state index in [1.165, 1.54) is 6.07 Å². The summed E-state index contributed by atoms with van der Waals surface area (Å²) in [5.74, 6) is 0.201. The molecule has 3 rings (SSSR count). The van der Waals surface area contributed by atoms with Gasteiger partial charge in [-0.15, -0.1) is 5.10 Å². The lowest BCUT2D eigenvalue weighted by Crippen LogP contribution is -2.25. The molecular formula is C12H13FN4. The summed E-state index contributed by atoms with van der Waals surface area (Å²) >= 11 is 0. The van der Waals surface area contributed by atoms with E-state index < -0.39 is 0 Å². The fraction of sp³-hybridized carbons (Fsp3) is 0.250. The van der Waals surface area contributed by atoms with Crippen LogP contribution >= 0.6 is 0 Å². The number of rotatable bonds is 1. The molecule has 0 spiro atoms. The van der Waals surface area contributed by atoms with Gasteiger partial charge in [0.2, 0.25) is 0 Å². The maximum absolute atomic E-state index is 13.7. The summed E-state index contributed by atoms with van der Waals surface area (Å²) in [7, 11) is 0. The Bertz CT molecular complexity index is 562. The van der Waals surface area contributed by atoms with E-state index in [0.29, 0.717) is 18.1 Å². The van der Waals surface area contributed by atoms with E-state index in [4.69, 9.17) is 5.73 Å². The molecule has 1 aliphatic heterocycles. The minimum Gasteiger partial charge on any atom is -0.382 e. The molecule has 0 saturated heterocycles. The zero-order chi connectivity index (χ0) is 11.8. The molecule has 17 heavy (non-hydrogen) atoms. The Morgan fingerprint density at radius 3 is 3.00 bits per heavy atom. The van der Waals surface area contributed by atoms with Crippen LogP contribution in [-0.4, -0.2) is 16.3 Å². The smallest absolute Gasteiger partial charge is 0.150 e. The lowest BCUT2D eigenvalue weighted by Gasteiger charge is -2.15.